The standard InChI is InChI=1S/C25H16N2O2S3/c1-26-16-7-10(28)3-5-12(16)14-9-15-21(19(14)26)31-24-20-25(32-22(15)24)23-18(27(20)2)13-6-4-11(29)8-17(13)30-23/h3-8,28-29H,9H2,1-2H3. The van der Waals surface area contributed by atoms with Gasteiger partial charge in [0.1, 0.15) is 11.5 Å². The summed E-state index contributed by atoms with van der Waals surface area (Å²) >= 11 is 5.61. The molecule has 0 unspecified atom stereocenters. The van der Waals surface area contributed by atoms with Gasteiger partial charge in [-0.05, 0) is 41.5 Å². The summed E-state index contributed by atoms with van der Waals surface area (Å²) in [5.74, 6) is 0.638. The van der Waals surface area contributed by atoms with E-state index in [-0.39, 0.29) is 0 Å². The molecule has 0 atom stereocenters. The first-order chi connectivity index (χ1) is 15.5. The van der Waals surface area contributed by atoms with Crippen LogP contribution in [0, 0.1) is 0 Å². The van der Waals surface area contributed by atoms with Gasteiger partial charge in [0.2, 0.25) is 0 Å². The lowest BCUT2D eigenvalue weighted by atomic mass is 10.1. The summed E-state index contributed by atoms with van der Waals surface area (Å²) in [6.45, 7) is 0. The highest BCUT2D eigenvalue weighted by Gasteiger charge is 2.32. The molecule has 32 heavy (non-hydrogen) atoms. The molecule has 0 radical (unpaired) electrons. The molecule has 8 rings (SSSR count). The van der Waals surface area contributed by atoms with E-state index in [1.165, 1.54) is 62.3 Å². The van der Waals surface area contributed by atoms with Crippen molar-refractivity contribution in [2.24, 2.45) is 14.1 Å². The van der Waals surface area contributed by atoms with E-state index >= 15 is 0 Å². The number of aryl methyl sites for hydroxylation is 2. The second-order valence-electron chi connectivity index (χ2n) is 8.63. The van der Waals surface area contributed by atoms with E-state index in [0.29, 0.717) is 11.5 Å². The van der Waals surface area contributed by atoms with E-state index in [1.54, 1.807) is 23.5 Å². The van der Waals surface area contributed by atoms with Crippen molar-refractivity contribution in [3.8, 4) is 22.1 Å². The number of rotatable bonds is 0. The summed E-state index contributed by atoms with van der Waals surface area (Å²) in [5, 5.41) is 22.4. The zero-order chi connectivity index (χ0) is 21.5. The number of benzene rings is 2. The second-order valence-corrected chi connectivity index (χ2v) is 11.7. The minimum Gasteiger partial charge on any atom is -0.508 e. The normalized spacial score (nSPS) is 13.4. The first-order valence-corrected chi connectivity index (χ1v) is 12.8. The highest BCUT2D eigenvalue weighted by molar-refractivity contribution is 7.37. The van der Waals surface area contributed by atoms with Gasteiger partial charge in [0, 0.05) is 42.1 Å². The molecule has 5 aromatic heterocycles. The van der Waals surface area contributed by atoms with Gasteiger partial charge in [0.05, 0.1) is 45.9 Å². The minimum absolute atomic E-state index is 0.315. The molecule has 0 aliphatic heterocycles. The maximum atomic E-state index is 9.99. The highest BCUT2D eigenvalue weighted by atomic mass is 32.1. The number of phenolic OH excluding ortho intramolecular Hbond substituents is 2. The fourth-order valence-electron chi connectivity index (χ4n) is 5.60. The first-order valence-electron chi connectivity index (χ1n) is 10.4. The van der Waals surface area contributed by atoms with Gasteiger partial charge < -0.3 is 19.3 Å². The lowest BCUT2D eigenvalue weighted by molar-refractivity contribution is 0.475. The Hall–Kier alpha value is -3.00. The molecular formula is C25H16N2O2S3. The molecular weight excluding hydrogens is 456 g/mol. The number of nitrogens with zero attached hydrogens (tertiary/aromatic N) is 2. The van der Waals surface area contributed by atoms with Crippen LogP contribution in [0.25, 0.3) is 61.4 Å². The molecule has 2 N–H and O–H groups in total. The van der Waals surface area contributed by atoms with Crippen LogP contribution in [-0.4, -0.2) is 19.3 Å². The van der Waals surface area contributed by atoms with Crippen LogP contribution >= 0.6 is 34.0 Å². The summed E-state index contributed by atoms with van der Waals surface area (Å²) < 4.78 is 11.2. The van der Waals surface area contributed by atoms with Crippen molar-refractivity contribution in [1.29, 1.82) is 0 Å². The summed E-state index contributed by atoms with van der Waals surface area (Å²) in [6.07, 6.45) is 0.947. The SMILES string of the molecule is Cn1c2c(c3ccc(O)cc31)Cc1c-2sc2c1sc1c3sc4cc(O)ccc4c3n(C)c21. The first kappa shape index (κ1) is 17.5. The molecule has 1 aliphatic rings. The minimum atomic E-state index is 0.315. The molecule has 0 spiro atoms. The van der Waals surface area contributed by atoms with Crippen molar-refractivity contribution in [1.82, 2.24) is 9.13 Å². The van der Waals surface area contributed by atoms with E-state index in [0.717, 1.165) is 16.6 Å². The van der Waals surface area contributed by atoms with Crippen LogP contribution in [0.2, 0.25) is 0 Å². The van der Waals surface area contributed by atoms with Gasteiger partial charge in [0.15, 0.2) is 0 Å². The van der Waals surface area contributed by atoms with Crippen molar-refractivity contribution in [2.75, 3.05) is 0 Å². The number of thiophene rings is 3. The van der Waals surface area contributed by atoms with Crippen LogP contribution < -0.4 is 0 Å². The van der Waals surface area contributed by atoms with Gasteiger partial charge in [-0.3, -0.25) is 0 Å². The molecule has 7 heteroatoms. The van der Waals surface area contributed by atoms with Crippen molar-refractivity contribution in [3.05, 3.63) is 47.5 Å². The zero-order valence-electron chi connectivity index (χ0n) is 17.2. The molecule has 0 amide bonds. The third-order valence-electron chi connectivity index (χ3n) is 6.97. The lowest BCUT2D eigenvalue weighted by Gasteiger charge is -2.02. The molecule has 0 fully saturated rings. The van der Waals surface area contributed by atoms with E-state index in [2.05, 4.69) is 29.3 Å². The van der Waals surface area contributed by atoms with Gasteiger partial charge in [0.25, 0.3) is 0 Å². The smallest absolute Gasteiger partial charge is 0.117 e. The molecule has 2 aromatic carbocycles. The summed E-state index contributed by atoms with van der Waals surface area (Å²) in [4.78, 5) is 1.38. The van der Waals surface area contributed by atoms with E-state index < -0.39 is 0 Å². The molecule has 0 bridgehead atoms. The quantitative estimate of drug-likeness (QED) is 0.243. The molecule has 5 heterocycles. The Balaban J connectivity index is 1.46. The largest absolute Gasteiger partial charge is 0.508 e. The van der Waals surface area contributed by atoms with E-state index in [9.17, 15) is 10.2 Å². The topological polar surface area (TPSA) is 50.3 Å². The Morgan fingerprint density at radius 2 is 1.44 bits per heavy atom. The monoisotopic (exact) mass is 472 g/mol. The number of aromatic hydroxyl groups is 2. The average Bonchev–Trinajstić information content (AvgIpc) is 3.54. The third kappa shape index (κ3) is 1.86. The summed E-state index contributed by atoms with van der Waals surface area (Å²) in [5.41, 5.74) is 7.83. The number of hydrogen-bond acceptors (Lipinski definition) is 5. The second kappa shape index (κ2) is 5.49. The average molecular weight is 473 g/mol. The van der Waals surface area contributed by atoms with Crippen molar-refractivity contribution in [2.45, 2.75) is 6.42 Å². The van der Waals surface area contributed by atoms with Gasteiger partial charge in [-0.2, -0.15) is 0 Å². The number of aromatic nitrogens is 2. The number of phenols is 2. The van der Waals surface area contributed by atoms with Crippen LogP contribution in [0.1, 0.15) is 11.1 Å². The maximum absolute atomic E-state index is 9.99. The Morgan fingerprint density at radius 1 is 0.719 bits per heavy atom. The van der Waals surface area contributed by atoms with E-state index in [1.807, 2.05) is 40.9 Å². The van der Waals surface area contributed by atoms with Crippen LogP contribution in [0.15, 0.2) is 36.4 Å². The summed E-state index contributed by atoms with van der Waals surface area (Å²) in [7, 11) is 4.28. The van der Waals surface area contributed by atoms with Crippen LogP contribution in [0.4, 0.5) is 0 Å². The van der Waals surface area contributed by atoms with Crippen molar-refractivity contribution < 1.29 is 10.2 Å². The van der Waals surface area contributed by atoms with E-state index in [4.69, 9.17) is 0 Å². The van der Waals surface area contributed by atoms with Gasteiger partial charge in [-0.15, -0.1) is 34.0 Å². The molecule has 1 aliphatic carbocycles. The fourth-order valence-corrected chi connectivity index (χ4v) is 10.1. The van der Waals surface area contributed by atoms with Crippen LogP contribution in [0.3, 0.4) is 0 Å². The van der Waals surface area contributed by atoms with Gasteiger partial charge in [-0.1, -0.05) is 0 Å². The van der Waals surface area contributed by atoms with Gasteiger partial charge in [-0.25, -0.2) is 0 Å². The van der Waals surface area contributed by atoms with Crippen molar-refractivity contribution in [3.63, 3.8) is 0 Å². The Bertz CT molecular complexity index is 1960. The Labute approximate surface area is 193 Å². The van der Waals surface area contributed by atoms with Crippen LogP contribution in [0.5, 0.6) is 11.5 Å². The molecule has 0 saturated heterocycles. The predicted octanol–water partition coefficient (Wildman–Crippen LogP) is 7.30. The third-order valence-corrected chi connectivity index (χ3v) is 10.9. The Morgan fingerprint density at radius 3 is 2.28 bits per heavy atom. The predicted molar refractivity (Wildman–Crippen MR) is 137 cm³/mol. The number of fused-ring (bicyclic) bond motifs is 13. The lowest BCUT2D eigenvalue weighted by Crippen LogP contribution is -1.89. The Kier molecular flexibility index (Phi) is 3.01. The van der Waals surface area contributed by atoms with Crippen LogP contribution in [-0.2, 0) is 20.5 Å². The number of hydrogen-bond donors (Lipinski definition) is 2. The maximum Gasteiger partial charge on any atom is 0.117 e. The fraction of sp³-hybridized carbons (Fsp3) is 0.120. The van der Waals surface area contributed by atoms with Crippen molar-refractivity contribution >= 4 is 84.8 Å². The van der Waals surface area contributed by atoms with Gasteiger partial charge >= 0.3 is 0 Å². The highest BCUT2D eigenvalue weighted by Crippen LogP contribution is 2.56. The molecule has 4 nitrogen and oxygen atoms in total. The molecule has 156 valence electrons. The summed E-state index contributed by atoms with van der Waals surface area (Å²) in [6, 6.07) is 11.4. The molecule has 7 aromatic rings. The molecule has 0 saturated carbocycles. The zero-order valence-corrected chi connectivity index (χ0v) is 19.6.